The molecule has 5 nitrogen and oxygen atoms in total. The van der Waals surface area contributed by atoms with E-state index in [9.17, 15) is 9.59 Å². The number of hydrogen-bond acceptors (Lipinski definition) is 5. The predicted molar refractivity (Wildman–Crippen MR) is 82.5 cm³/mol. The maximum atomic E-state index is 12.4. The van der Waals surface area contributed by atoms with Gasteiger partial charge in [-0.25, -0.2) is 9.59 Å². The molecule has 0 aliphatic carbocycles. The average Bonchev–Trinajstić information content (AvgIpc) is 2.36. The van der Waals surface area contributed by atoms with Gasteiger partial charge < -0.3 is 15.2 Å². The molecule has 0 saturated carbocycles. The molecule has 1 atom stereocenters. The summed E-state index contributed by atoms with van der Waals surface area (Å²) in [5.41, 5.74) is 3.66. The Labute approximate surface area is 132 Å². The van der Waals surface area contributed by atoms with Crippen molar-refractivity contribution in [1.29, 1.82) is 0 Å². The number of esters is 2. The molecule has 0 spiro atoms. The van der Waals surface area contributed by atoms with Gasteiger partial charge in [0.25, 0.3) is 0 Å². The zero-order chi connectivity index (χ0) is 16.3. The van der Waals surface area contributed by atoms with Crippen molar-refractivity contribution >= 4 is 27.9 Å². The molecule has 0 radical (unpaired) electrons. The third-order valence-corrected chi connectivity index (χ3v) is 3.15. The Balaban J connectivity index is 3.26. The fourth-order valence-electron chi connectivity index (χ4n) is 1.64. The molecular weight excluding hydrogens is 338 g/mol. The van der Waals surface area contributed by atoms with Crippen molar-refractivity contribution in [2.24, 2.45) is 5.73 Å². The Hall–Kier alpha value is -1.40. The molecule has 1 aromatic carbocycles. The number of halogens is 1. The van der Waals surface area contributed by atoms with Crippen LogP contribution in [0.5, 0.6) is 0 Å². The SMILES string of the molecule is CCOC(=O)C(N)(C(=O)OC(C)(C)C)c1ccc(Br)cc1. The lowest BCUT2D eigenvalue weighted by Crippen LogP contribution is -2.55. The maximum Gasteiger partial charge on any atom is 0.343 e. The van der Waals surface area contributed by atoms with Crippen LogP contribution in [0.25, 0.3) is 0 Å². The summed E-state index contributed by atoms with van der Waals surface area (Å²) in [4.78, 5) is 24.6. The van der Waals surface area contributed by atoms with Crippen LogP contribution in [0.15, 0.2) is 28.7 Å². The molecular formula is C15H20BrNO4. The van der Waals surface area contributed by atoms with Gasteiger partial charge in [0, 0.05) is 4.47 Å². The van der Waals surface area contributed by atoms with Gasteiger partial charge in [-0.1, -0.05) is 28.1 Å². The van der Waals surface area contributed by atoms with E-state index in [0.717, 1.165) is 4.47 Å². The van der Waals surface area contributed by atoms with Gasteiger partial charge in [0.05, 0.1) is 6.61 Å². The minimum Gasteiger partial charge on any atom is -0.464 e. The van der Waals surface area contributed by atoms with Crippen molar-refractivity contribution in [3.63, 3.8) is 0 Å². The average molecular weight is 358 g/mol. The fraction of sp³-hybridized carbons (Fsp3) is 0.467. The molecule has 0 aliphatic rings. The van der Waals surface area contributed by atoms with Gasteiger partial charge in [-0.3, -0.25) is 0 Å². The first-order chi connectivity index (χ1) is 9.61. The summed E-state index contributed by atoms with van der Waals surface area (Å²) in [6, 6.07) is 6.57. The molecule has 21 heavy (non-hydrogen) atoms. The lowest BCUT2D eigenvalue weighted by atomic mass is 9.90. The summed E-state index contributed by atoms with van der Waals surface area (Å²) in [5, 5.41) is 0. The second-order valence-corrected chi connectivity index (χ2v) is 6.45. The molecule has 0 fully saturated rings. The number of carbonyl (C=O) groups is 2. The number of hydrogen-bond donors (Lipinski definition) is 1. The molecule has 0 aromatic heterocycles. The molecule has 1 rings (SSSR count). The van der Waals surface area contributed by atoms with Crippen molar-refractivity contribution in [3.8, 4) is 0 Å². The number of carbonyl (C=O) groups excluding carboxylic acids is 2. The summed E-state index contributed by atoms with van der Waals surface area (Å²) >= 11 is 3.29. The van der Waals surface area contributed by atoms with Crippen molar-refractivity contribution in [1.82, 2.24) is 0 Å². The van der Waals surface area contributed by atoms with Gasteiger partial charge in [-0.15, -0.1) is 0 Å². The van der Waals surface area contributed by atoms with Crippen molar-refractivity contribution in [2.75, 3.05) is 6.61 Å². The molecule has 1 unspecified atom stereocenters. The van der Waals surface area contributed by atoms with Crippen LogP contribution < -0.4 is 5.73 Å². The lowest BCUT2D eigenvalue weighted by molar-refractivity contribution is -0.172. The second-order valence-electron chi connectivity index (χ2n) is 5.54. The smallest absolute Gasteiger partial charge is 0.343 e. The van der Waals surface area contributed by atoms with E-state index in [0.29, 0.717) is 5.56 Å². The van der Waals surface area contributed by atoms with E-state index < -0.39 is 23.1 Å². The Bertz CT molecular complexity index is 521. The van der Waals surface area contributed by atoms with E-state index in [-0.39, 0.29) is 6.61 Å². The van der Waals surface area contributed by atoms with Crippen molar-refractivity contribution in [3.05, 3.63) is 34.3 Å². The third-order valence-electron chi connectivity index (χ3n) is 2.62. The van der Waals surface area contributed by atoms with Gasteiger partial charge in [0.15, 0.2) is 0 Å². The van der Waals surface area contributed by atoms with Crippen LogP contribution in [0.2, 0.25) is 0 Å². The van der Waals surface area contributed by atoms with Crippen LogP contribution in [-0.4, -0.2) is 24.1 Å². The van der Waals surface area contributed by atoms with Gasteiger partial charge in [-0.05, 0) is 45.4 Å². The van der Waals surface area contributed by atoms with Crippen LogP contribution in [-0.2, 0) is 24.6 Å². The number of benzene rings is 1. The van der Waals surface area contributed by atoms with Crippen molar-refractivity contribution < 1.29 is 19.1 Å². The zero-order valence-electron chi connectivity index (χ0n) is 12.6. The molecule has 2 N–H and O–H groups in total. The van der Waals surface area contributed by atoms with E-state index in [1.807, 2.05) is 0 Å². The highest BCUT2D eigenvalue weighted by molar-refractivity contribution is 9.10. The summed E-state index contributed by atoms with van der Waals surface area (Å²) in [5.74, 6) is -1.67. The number of nitrogens with two attached hydrogens (primary N) is 1. The minimum absolute atomic E-state index is 0.122. The fourth-order valence-corrected chi connectivity index (χ4v) is 1.90. The Morgan fingerprint density at radius 2 is 1.67 bits per heavy atom. The normalized spacial score (nSPS) is 14.2. The Kier molecular flexibility index (Phi) is 5.53. The Morgan fingerprint density at radius 1 is 1.14 bits per heavy atom. The molecule has 1 aromatic rings. The van der Waals surface area contributed by atoms with E-state index >= 15 is 0 Å². The van der Waals surface area contributed by atoms with E-state index in [4.69, 9.17) is 15.2 Å². The highest BCUT2D eigenvalue weighted by Gasteiger charge is 2.48. The van der Waals surface area contributed by atoms with Gasteiger partial charge >= 0.3 is 11.9 Å². The van der Waals surface area contributed by atoms with Crippen LogP contribution >= 0.6 is 15.9 Å². The molecule has 116 valence electrons. The first kappa shape index (κ1) is 17.7. The lowest BCUT2D eigenvalue weighted by Gasteiger charge is -2.29. The molecule has 6 heteroatoms. The van der Waals surface area contributed by atoms with Crippen LogP contribution in [0.1, 0.15) is 33.3 Å². The van der Waals surface area contributed by atoms with E-state index in [2.05, 4.69) is 15.9 Å². The highest BCUT2D eigenvalue weighted by atomic mass is 79.9. The first-order valence-electron chi connectivity index (χ1n) is 6.57. The molecule has 0 heterocycles. The van der Waals surface area contributed by atoms with Crippen LogP contribution in [0.3, 0.4) is 0 Å². The monoisotopic (exact) mass is 357 g/mol. The third kappa shape index (κ3) is 4.28. The van der Waals surface area contributed by atoms with Crippen LogP contribution in [0.4, 0.5) is 0 Å². The topological polar surface area (TPSA) is 78.6 Å². The number of ether oxygens (including phenoxy) is 2. The Morgan fingerprint density at radius 3 is 2.10 bits per heavy atom. The largest absolute Gasteiger partial charge is 0.464 e. The summed E-state index contributed by atoms with van der Waals surface area (Å²) < 4.78 is 11.0. The quantitative estimate of drug-likeness (QED) is 0.661. The minimum atomic E-state index is -1.98. The van der Waals surface area contributed by atoms with Crippen LogP contribution in [0, 0.1) is 0 Å². The molecule has 0 bridgehead atoms. The summed E-state index contributed by atoms with van der Waals surface area (Å²) in [7, 11) is 0. The van der Waals surface area contributed by atoms with Gasteiger partial charge in [-0.2, -0.15) is 0 Å². The zero-order valence-corrected chi connectivity index (χ0v) is 14.2. The van der Waals surface area contributed by atoms with Gasteiger partial charge in [0.2, 0.25) is 5.54 Å². The predicted octanol–water partition coefficient (Wildman–Crippen LogP) is 2.51. The molecule has 0 aliphatic heterocycles. The summed E-state index contributed by atoms with van der Waals surface area (Å²) in [6.07, 6.45) is 0. The molecule has 0 amide bonds. The highest BCUT2D eigenvalue weighted by Crippen LogP contribution is 2.26. The van der Waals surface area contributed by atoms with E-state index in [1.165, 1.54) is 0 Å². The van der Waals surface area contributed by atoms with Crippen molar-refractivity contribution in [2.45, 2.75) is 38.8 Å². The standard InChI is InChI=1S/C15H20BrNO4/c1-5-20-12(18)15(17,13(19)21-14(2,3)4)10-6-8-11(16)9-7-10/h6-9H,5,17H2,1-4H3. The second kappa shape index (κ2) is 6.58. The first-order valence-corrected chi connectivity index (χ1v) is 7.36. The summed E-state index contributed by atoms with van der Waals surface area (Å²) in [6.45, 7) is 6.89. The van der Waals surface area contributed by atoms with Gasteiger partial charge in [0.1, 0.15) is 5.60 Å². The maximum absolute atomic E-state index is 12.4. The number of rotatable bonds is 4. The molecule has 0 saturated heterocycles. The van der Waals surface area contributed by atoms with E-state index in [1.54, 1.807) is 52.0 Å².